The van der Waals surface area contributed by atoms with Crippen molar-refractivity contribution in [2.24, 2.45) is 5.41 Å². The van der Waals surface area contributed by atoms with Crippen LogP contribution in [0.4, 0.5) is 0 Å². The maximum atomic E-state index is 10.3. The lowest BCUT2D eigenvalue weighted by atomic mass is 9.77. The number of hydrogen-bond donors (Lipinski definition) is 3. The van der Waals surface area contributed by atoms with Crippen molar-refractivity contribution in [3.05, 3.63) is 64.7 Å². The van der Waals surface area contributed by atoms with Crippen LogP contribution in [0.2, 0.25) is 0 Å². The molecule has 0 bridgehead atoms. The van der Waals surface area contributed by atoms with Crippen LogP contribution in [0.15, 0.2) is 42.5 Å². The van der Waals surface area contributed by atoms with Gasteiger partial charge in [-0.05, 0) is 49.0 Å². The van der Waals surface area contributed by atoms with E-state index in [1.54, 1.807) is 0 Å². The van der Waals surface area contributed by atoms with Crippen LogP contribution in [0.5, 0.6) is 5.75 Å². The second kappa shape index (κ2) is 15.2. The fourth-order valence-electron chi connectivity index (χ4n) is 5.29. The molecule has 0 saturated heterocycles. The molecule has 0 aliphatic rings. The zero-order valence-electron chi connectivity index (χ0n) is 25.9. The summed E-state index contributed by atoms with van der Waals surface area (Å²) in [5.41, 5.74) is 3.45. The first-order valence-corrected chi connectivity index (χ1v) is 15.1. The van der Waals surface area contributed by atoms with E-state index in [1.165, 1.54) is 36.8 Å². The van der Waals surface area contributed by atoms with Gasteiger partial charge in [0.1, 0.15) is 11.9 Å². The maximum Gasteiger partial charge on any atom is 0.127 e. The minimum absolute atomic E-state index is 0.146. The SMILES string of the molecule is Cc1cc(C(C)(C)C)c(OC(CCCCCCCCCc2ccccc2)C(CO)(CO)CO)c(C(C)(C)C)c1. The molecule has 2 aromatic carbocycles. The molecule has 4 heteroatoms. The number of hydrogen-bond acceptors (Lipinski definition) is 4. The molecule has 3 N–H and O–H groups in total. The number of unbranched alkanes of at least 4 members (excludes halogenated alkanes) is 6. The number of ether oxygens (including phenoxy) is 1. The second-order valence-corrected chi connectivity index (χ2v) is 13.6. The molecule has 1 atom stereocenters. The lowest BCUT2D eigenvalue weighted by molar-refractivity contribution is -0.0763. The monoisotopic (exact) mass is 540 g/mol. The van der Waals surface area contributed by atoms with Gasteiger partial charge >= 0.3 is 0 Å². The molecule has 0 radical (unpaired) electrons. The Bertz CT molecular complexity index is 921. The van der Waals surface area contributed by atoms with Crippen molar-refractivity contribution in [2.75, 3.05) is 19.8 Å². The molecule has 2 aromatic rings. The Labute approximate surface area is 238 Å². The molecule has 220 valence electrons. The minimum Gasteiger partial charge on any atom is -0.489 e. The van der Waals surface area contributed by atoms with Crippen LogP contribution in [0, 0.1) is 12.3 Å². The molecule has 0 fully saturated rings. The number of aliphatic hydroxyl groups excluding tert-OH is 3. The highest BCUT2D eigenvalue weighted by molar-refractivity contribution is 5.50. The molecule has 2 rings (SSSR count). The molecule has 0 aliphatic carbocycles. The van der Waals surface area contributed by atoms with E-state index < -0.39 is 11.5 Å². The van der Waals surface area contributed by atoms with E-state index in [0.717, 1.165) is 42.6 Å². The average molecular weight is 541 g/mol. The Balaban J connectivity index is 2.08. The summed E-state index contributed by atoms with van der Waals surface area (Å²) in [7, 11) is 0. The molecular weight excluding hydrogens is 484 g/mol. The van der Waals surface area contributed by atoms with Crippen LogP contribution in [-0.2, 0) is 17.3 Å². The molecule has 0 spiro atoms. The van der Waals surface area contributed by atoms with Crippen LogP contribution in [-0.4, -0.2) is 41.2 Å². The van der Waals surface area contributed by atoms with Gasteiger partial charge in [0.05, 0.1) is 25.2 Å². The van der Waals surface area contributed by atoms with Crippen LogP contribution in [0.25, 0.3) is 0 Å². The molecular formula is C35H56O4. The van der Waals surface area contributed by atoms with Gasteiger partial charge in [-0.15, -0.1) is 0 Å². The zero-order valence-corrected chi connectivity index (χ0v) is 25.9. The fourth-order valence-corrected chi connectivity index (χ4v) is 5.29. The van der Waals surface area contributed by atoms with Crippen LogP contribution in [0.1, 0.15) is 115 Å². The first-order chi connectivity index (χ1) is 18.4. The third kappa shape index (κ3) is 9.92. The molecule has 0 aliphatic heterocycles. The van der Waals surface area contributed by atoms with Crippen molar-refractivity contribution in [1.29, 1.82) is 0 Å². The Morgan fingerprint density at radius 1 is 0.667 bits per heavy atom. The third-order valence-electron chi connectivity index (χ3n) is 8.01. The first kappa shape index (κ1) is 33.3. The highest BCUT2D eigenvalue weighted by atomic mass is 16.5. The number of benzene rings is 2. The summed E-state index contributed by atoms with van der Waals surface area (Å²) in [5.74, 6) is 0.837. The standard InChI is InChI=1S/C35H56O4/c1-27-22-29(33(2,3)4)32(30(23-27)34(5,6)7)39-31(35(24-36,25-37)26-38)21-17-12-10-8-9-11-14-18-28-19-15-13-16-20-28/h13,15-16,19-20,22-23,31,36-38H,8-12,14,17-18,21,24-26H2,1-7H3. The Kier molecular flexibility index (Phi) is 13.0. The Morgan fingerprint density at radius 3 is 1.59 bits per heavy atom. The van der Waals surface area contributed by atoms with Crippen molar-refractivity contribution in [2.45, 2.75) is 123 Å². The van der Waals surface area contributed by atoms with Gasteiger partial charge in [-0.3, -0.25) is 0 Å². The summed E-state index contributed by atoms with van der Waals surface area (Å²) >= 11 is 0. The smallest absolute Gasteiger partial charge is 0.127 e. The van der Waals surface area contributed by atoms with Gasteiger partial charge in [-0.1, -0.05) is 122 Å². The fraction of sp³-hybridized carbons (Fsp3) is 0.657. The van der Waals surface area contributed by atoms with E-state index in [0.29, 0.717) is 6.42 Å². The largest absolute Gasteiger partial charge is 0.489 e. The normalized spacial score (nSPS) is 13.5. The van der Waals surface area contributed by atoms with Crippen molar-refractivity contribution >= 4 is 0 Å². The molecule has 1 unspecified atom stereocenters. The van der Waals surface area contributed by atoms with E-state index in [2.05, 4.69) is 90.9 Å². The number of rotatable bonds is 16. The van der Waals surface area contributed by atoms with Gasteiger partial charge < -0.3 is 20.1 Å². The molecule has 0 heterocycles. The van der Waals surface area contributed by atoms with Crippen molar-refractivity contribution in [3.63, 3.8) is 0 Å². The van der Waals surface area contributed by atoms with E-state index in [9.17, 15) is 15.3 Å². The van der Waals surface area contributed by atoms with Gasteiger partial charge in [-0.25, -0.2) is 0 Å². The maximum absolute atomic E-state index is 10.3. The van der Waals surface area contributed by atoms with Crippen molar-refractivity contribution in [3.8, 4) is 5.75 Å². The van der Waals surface area contributed by atoms with Crippen LogP contribution >= 0.6 is 0 Å². The Hall–Kier alpha value is -1.88. The molecule has 39 heavy (non-hydrogen) atoms. The highest BCUT2D eigenvalue weighted by Crippen LogP contribution is 2.43. The van der Waals surface area contributed by atoms with E-state index in [-0.39, 0.29) is 30.7 Å². The lowest BCUT2D eigenvalue weighted by Gasteiger charge is -2.39. The molecule has 0 amide bonds. The summed E-state index contributed by atoms with van der Waals surface area (Å²) in [6.45, 7) is 14.3. The van der Waals surface area contributed by atoms with Crippen molar-refractivity contribution in [1.82, 2.24) is 0 Å². The summed E-state index contributed by atoms with van der Waals surface area (Å²) in [5, 5.41) is 31.0. The van der Waals surface area contributed by atoms with Crippen LogP contribution < -0.4 is 4.74 Å². The van der Waals surface area contributed by atoms with E-state index in [1.807, 2.05) is 0 Å². The summed E-state index contributed by atoms with van der Waals surface area (Å²) in [6.07, 6.45) is 9.44. The first-order valence-electron chi connectivity index (χ1n) is 15.1. The van der Waals surface area contributed by atoms with Gasteiger partial charge in [0, 0.05) is 11.1 Å². The van der Waals surface area contributed by atoms with Gasteiger partial charge in [0.2, 0.25) is 0 Å². The topological polar surface area (TPSA) is 69.9 Å². The quantitative estimate of drug-likeness (QED) is 0.191. The second-order valence-electron chi connectivity index (χ2n) is 13.6. The minimum atomic E-state index is -1.10. The van der Waals surface area contributed by atoms with Gasteiger partial charge in [0.15, 0.2) is 0 Å². The number of aliphatic hydroxyl groups is 3. The highest BCUT2D eigenvalue weighted by Gasteiger charge is 2.41. The van der Waals surface area contributed by atoms with E-state index in [4.69, 9.17) is 4.74 Å². The molecule has 0 aromatic heterocycles. The average Bonchev–Trinajstić information content (AvgIpc) is 2.88. The van der Waals surface area contributed by atoms with E-state index >= 15 is 0 Å². The molecule has 4 nitrogen and oxygen atoms in total. The predicted molar refractivity (Wildman–Crippen MR) is 164 cm³/mol. The predicted octanol–water partition coefficient (Wildman–Crippen LogP) is 7.66. The molecule has 0 saturated carbocycles. The Morgan fingerprint density at radius 2 is 1.13 bits per heavy atom. The summed E-state index contributed by atoms with van der Waals surface area (Å²) < 4.78 is 6.84. The van der Waals surface area contributed by atoms with Gasteiger partial charge in [0.25, 0.3) is 0 Å². The van der Waals surface area contributed by atoms with Crippen LogP contribution in [0.3, 0.4) is 0 Å². The third-order valence-corrected chi connectivity index (χ3v) is 8.01. The number of aryl methyl sites for hydroxylation is 2. The summed E-state index contributed by atoms with van der Waals surface area (Å²) in [6, 6.07) is 15.1. The van der Waals surface area contributed by atoms with Crippen molar-refractivity contribution < 1.29 is 20.1 Å². The lowest BCUT2D eigenvalue weighted by Crippen LogP contribution is -2.48. The summed E-state index contributed by atoms with van der Waals surface area (Å²) in [4.78, 5) is 0. The zero-order chi connectivity index (χ0) is 29.1. The van der Waals surface area contributed by atoms with Gasteiger partial charge in [-0.2, -0.15) is 0 Å².